The van der Waals surface area contributed by atoms with Crippen LogP contribution in [0.4, 0.5) is 0 Å². The van der Waals surface area contributed by atoms with E-state index in [1.807, 2.05) is 0 Å². The van der Waals surface area contributed by atoms with Gasteiger partial charge in [-0.25, -0.2) is 4.79 Å². The van der Waals surface area contributed by atoms with Gasteiger partial charge in [0, 0.05) is 18.8 Å². The van der Waals surface area contributed by atoms with Crippen molar-refractivity contribution in [2.24, 2.45) is 0 Å². The summed E-state index contributed by atoms with van der Waals surface area (Å²) in [6.07, 6.45) is 0. The first-order valence-electron chi connectivity index (χ1n) is 4.29. The lowest BCUT2D eigenvalue weighted by Gasteiger charge is -2.17. The van der Waals surface area contributed by atoms with Crippen LogP contribution in [0.5, 0.6) is 0 Å². The third kappa shape index (κ3) is 3.53. The van der Waals surface area contributed by atoms with Crippen LogP contribution in [-0.4, -0.2) is 35.6 Å². The molecule has 7 heteroatoms. The van der Waals surface area contributed by atoms with E-state index in [1.165, 1.54) is 6.92 Å². The Bertz CT molecular complexity index is 276. The Hall–Kier alpha value is -1.66. The van der Waals surface area contributed by atoms with Gasteiger partial charge < -0.3 is 9.47 Å². The third-order valence-electron chi connectivity index (χ3n) is 1.67. The van der Waals surface area contributed by atoms with Gasteiger partial charge in [0.1, 0.15) is 0 Å². The van der Waals surface area contributed by atoms with E-state index in [1.54, 1.807) is 0 Å². The molecule has 0 aromatic rings. The first-order chi connectivity index (χ1) is 6.84. The zero-order valence-electron chi connectivity index (χ0n) is 8.81. The molecule has 0 amide bonds. The molecular formula is C8H13NO6. The Labute approximate surface area is 86.5 Å². The first-order valence-corrected chi connectivity index (χ1v) is 4.29. The van der Waals surface area contributed by atoms with Crippen molar-refractivity contribution in [2.75, 3.05) is 13.2 Å². The molecule has 1 unspecified atom stereocenters. The molecule has 86 valence electrons. The molecule has 0 saturated carbocycles. The average molecular weight is 219 g/mol. The van der Waals surface area contributed by atoms with Crippen LogP contribution in [0.2, 0.25) is 0 Å². The fraction of sp³-hybridized carbons (Fsp3) is 0.750. The number of nitro groups is 1. The van der Waals surface area contributed by atoms with Crippen molar-refractivity contribution in [2.45, 2.75) is 26.3 Å². The van der Waals surface area contributed by atoms with Gasteiger partial charge in [0.25, 0.3) is 0 Å². The number of carbonyl (C=O) groups excluding carboxylic acids is 2. The van der Waals surface area contributed by atoms with E-state index < -0.39 is 29.0 Å². The molecule has 7 nitrogen and oxygen atoms in total. The van der Waals surface area contributed by atoms with Crippen molar-refractivity contribution in [1.29, 1.82) is 0 Å². The van der Waals surface area contributed by atoms with Gasteiger partial charge in [-0.1, -0.05) is 0 Å². The molecule has 0 radical (unpaired) electrons. The molecule has 0 N–H and O–H groups in total. The summed E-state index contributed by atoms with van der Waals surface area (Å²) in [4.78, 5) is 31.6. The number of esters is 2. The molecule has 0 aliphatic carbocycles. The second kappa shape index (κ2) is 5.28. The standard InChI is InChI=1S/C8H13NO6/c1-4-14-7(11)8(3,9(12)13)5-15-6(2)10/h4-5H2,1-3H3. The molecule has 0 spiro atoms. The molecule has 1 atom stereocenters. The minimum absolute atomic E-state index is 0.0301. The largest absolute Gasteiger partial charge is 0.461 e. The fourth-order valence-electron chi connectivity index (χ4n) is 0.715. The Morgan fingerprint density at radius 2 is 1.93 bits per heavy atom. The fourth-order valence-corrected chi connectivity index (χ4v) is 0.715. The summed E-state index contributed by atoms with van der Waals surface area (Å²) in [5.74, 6) is -1.70. The number of carbonyl (C=O) groups is 2. The zero-order chi connectivity index (χ0) is 12.1. The molecule has 0 heterocycles. The summed E-state index contributed by atoms with van der Waals surface area (Å²) in [6, 6.07) is 0. The van der Waals surface area contributed by atoms with E-state index in [-0.39, 0.29) is 6.61 Å². The van der Waals surface area contributed by atoms with Crippen LogP contribution >= 0.6 is 0 Å². The van der Waals surface area contributed by atoms with E-state index in [0.717, 1.165) is 13.8 Å². The Morgan fingerprint density at radius 1 is 1.40 bits per heavy atom. The van der Waals surface area contributed by atoms with Crippen molar-refractivity contribution < 1.29 is 24.0 Å². The normalized spacial score (nSPS) is 13.8. The van der Waals surface area contributed by atoms with Crippen LogP contribution in [0, 0.1) is 10.1 Å². The highest BCUT2D eigenvalue weighted by molar-refractivity contribution is 5.79. The maximum atomic E-state index is 11.3. The highest BCUT2D eigenvalue weighted by atomic mass is 16.6. The van der Waals surface area contributed by atoms with Crippen LogP contribution in [0.15, 0.2) is 0 Å². The molecule has 15 heavy (non-hydrogen) atoms. The number of rotatable bonds is 5. The van der Waals surface area contributed by atoms with Gasteiger partial charge in [0.05, 0.1) is 6.61 Å². The van der Waals surface area contributed by atoms with Crippen LogP contribution in [-0.2, 0) is 19.1 Å². The van der Waals surface area contributed by atoms with Crippen molar-refractivity contribution in [1.82, 2.24) is 0 Å². The lowest BCUT2D eigenvalue weighted by atomic mass is 10.1. The number of hydrogen-bond acceptors (Lipinski definition) is 6. The van der Waals surface area contributed by atoms with Gasteiger partial charge in [-0.3, -0.25) is 14.9 Å². The predicted octanol–water partition coefficient (Wildman–Crippen LogP) is 0.148. The van der Waals surface area contributed by atoms with E-state index >= 15 is 0 Å². The maximum absolute atomic E-state index is 11.3. The van der Waals surface area contributed by atoms with Gasteiger partial charge in [-0.15, -0.1) is 0 Å². The summed E-state index contributed by atoms with van der Waals surface area (Å²) in [5, 5.41) is 10.7. The minimum atomic E-state index is -2.04. The van der Waals surface area contributed by atoms with Gasteiger partial charge in [0.15, 0.2) is 6.61 Å². The highest BCUT2D eigenvalue weighted by Gasteiger charge is 2.49. The molecule has 0 aliphatic heterocycles. The van der Waals surface area contributed by atoms with Gasteiger partial charge in [-0.2, -0.15) is 0 Å². The maximum Gasteiger partial charge on any atom is 0.388 e. The van der Waals surface area contributed by atoms with Crippen LogP contribution in [0.3, 0.4) is 0 Å². The lowest BCUT2D eigenvalue weighted by Crippen LogP contribution is -2.49. The van der Waals surface area contributed by atoms with E-state index in [9.17, 15) is 19.7 Å². The third-order valence-corrected chi connectivity index (χ3v) is 1.67. The second-order valence-corrected chi connectivity index (χ2v) is 3.03. The molecular weight excluding hydrogens is 206 g/mol. The van der Waals surface area contributed by atoms with Crippen LogP contribution in [0.1, 0.15) is 20.8 Å². The Kier molecular flexibility index (Phi) is 4.69. The van der Waals surface area contributed by atoms with E-state index in [4.69, 9.17) is 0 Å². The van der Waals surface area contributed by atoms with E-state index in [2.05, 4.69) is 9.47 Å². The molecule has 0 aromatic heterocycles. The molecule has 0 fully saturated rings. The van der Waals surface area contributed by atoms with Crippen LogP contribution in [0.25, 0.3) is 0 Å². The van der Waals surface area contributed by atoms with Gasteiger partial charge >= 0.3 is 17.5 Å². The number of nitrogens with zero attached hydrogens (tertiary/aromatic N) is 1. The van der Waals surface area contributed by atoms with Crippen molar-refractivity contribution in [3.63, 3.8) is 0 Å². The van der Waals surface area contributed by atoms with E-state index in [0.29, 0.717) is 0 Å². The topological polar surface area (TPSA) is 95.7 Å². The Balaban J connectivity index is 4.66. The smallest absolute Gasteiger partial charge is 0.388 e. The number of ether oxygens (including phenoxy) is 2. The monoisotopic (exact) mass is 219 g/mol. The summed E-state index contributed by atoms with van der Waals surface area (Å²) in [7, 11) is 0. The molecule has 0 aromatic carbocycles. The summed E-state index contributed by atoms with van der Waals surface area (Å²) >= 11 is 0. The predicted molar refractivity (Wildman–Crippen MR) is 48.7 cm³/mol. The SMILES string of the molecule is CCOC(=O)C(C)(COC(C)=O)[N+](=O)[O-]. The quantitative estimate of drug-likeness (QED) is 0.371. The van der Waals surface area contributed by atoms with Gasteiger partial charge in [0.2, 0.25) is 0 Å². The first kappa shape index (κ1) is 13.3. The second-order valence-electron chi connectivity index (χ2n) is 3.03. The molecule has 0 saturated heterocycles. The molecule has 0 rings (SSSR count). The highest BCUT2D eigenvalue weighted by Crippen LogP contribution is 2.12. The minimum Gasteiger partial charge on any atom is -0.461 e. The average Bonchev–Trinajstić information content (AvgIpc) is 2.14. The molecule has 0 aliphatic rings. The van der Waals surface area contributed by atoms with Crippen LogP contribution < -0.4 is 0 Å². The molecule has 0 bridgehead atoms. The van der Waals surface area contributed by atoms with Crippen molar-refractivity contribution in [3.8, 4) is 0 Å². The summed E-state index contributed by atoms with van der Waals surface area (Å²) < 4.78 is 8.98. The lowest BCUT2D eigenvalue weighted by molar-refractivity contribution is -0.553. The summed E-state index contributed by atoms with van der Waals surface area (Å²) in [6.45, 7) is 3.08. The Morgan fingerprint density at radius 3 is 2.27 bits per heavy atom. The number of hydrogen-bond donors (Lipinski definition) is 0. The zero-order valence-corrected chi connectivity index (χ0v) is 8.81. The van der Waals surface area contributed by atoms with Gasteiger partial charge in [-0.05, 0) is 6.92 Å². The van der Waals surface area contributed by atoms with Crippen molar-refractivity contribution in [3.05, 3.63) is 10.1 Å². The summed E-state index contributed by atoms with van der Waals surface area (Å²) in [5.41, 5.74) is -2.04. The van der Waals surface area contributed by atoms with Crippen molar-refractivity contribution >= 4 is 11.9 Å².